The Morgan fingerprint density at radius 3 is 2.76 bits per heavy atom. The van der Waals surface area contributed by atoms with Crippen LogP contribution in [0.5, 0.6) is 0 Å². The zero-order chi connectivity index (χ0) is 18.0. The van der Waals surface area contributed by atoms with E-state index >= 15 is 0 Å². The van der Waals surface area contributed by atoms with Gasteiger partial charge in [-0.25, -0.2) is 0 Å². The van der Waals surface area contributed by atoms with Crippen molar-refractivity contribution < 1.29 is 18.7 Å². The second-order valence-electron chi connectivity index (χ2n) is 6.84. The molecule has 1 aliphatic rings. The Morgan fingerprint density at radius 1 is 1.28 bits per heavy atom. The first-order chi connectivity index (χ1) is 12.0. The lowest BCUT2D eigenvalue weighted by Crippen LogP contribution is -2.46. The zero-order valence-electron chi connectivity index (χ0n) is 14.8. The minimum absolute atomic E-state index is 0.138. The van der Waals surface area contributed by atoms with Crippen molar-refractivity contribution >= 4 is 22.8 Å². The lowest BCUT2D eigenvalue weighted by Gasteiger charge is -2.11. The van der Waals surface area contributed by atoms with Gasteiger partial charge in [-0.05, 0) is 48.9 Å². The molecule has 134 valence electrons. The maximum atomic E-state index is 12.2. The van der Waals surface area contributed by atoms with E-state index in [1.54, 1.807) is 6.26 Å². The SMILES string of the molecule is Cc1cc2occ(CC(=O)NNC(=O)C3CCCO3)c2cc1C(C)C. The van der Waals surface area contributed by atoms with Crippen LogP contribution in [0.3, 0.4) is 0 Å². The number of carbonyl (C=O) groups is 2. The number of ether oxygens (including phenoxy) is 1. The first-order valence-electron chi connectivity index (χ1n) is 8.66. The maximum absolute atomic E-state index is 12.2. The third kappa shape index (κ3) is 3.85. The summed E-state index contributed by atoms with van der Waals surface area (Å²) in [4.78, 5) is 24.0. The summed E-state index contributed by atoms with van der Waals surface area (Å²) in [6, 6.07) is 4.09. The predicted molar refractivity (Wildman–Crippen MR) is 94.0 cm³/mol. The number of hydrogen-bond acceptors (Lipinski definition) is 4. The number of carbonyl (C=O) groups excluding carboxylic acids is 2. The van der Waals surface area contributed by atoms with Gasteiger partial charge in [0.05, 0.1) is 12.7 Å². The zero-order valence-corrected chi connectivity index (χ0v) is 14.8. The van der Waals surface area contributed by atoms with Gasteiger partial charge < -0.3 is 9.15 Å². The summed E-state index contributed by atoms with van der Waals surface area (Å²) >= 11 is 0. The fraction of sp³-hybridized carbons (Fsp3) is 0.474. The van der Waals surface area contributed by atoms with Crippen LogP contribution in [0.25, 0.3) is 11.0 Å². The molecule has 0 spiro atoms. The molecule has 0 saturated carbocycles. The van der Waals surface area contributed by atoms with Crippen LogP contribution in [-0.2, 0) is 20.7 Å². The quantitative estimate of drug-likeness (QED) is 0.836. The largest absolute Gasteiger partial charge is 0.464 e. The number of nitrogens with one attached hydrogen (secondary N) is 2. The van der Waals surface area contributed by atoms with Gasteiger partial charge in [-0.3, -0.25) is 20.4 Å². The summed E-state index contributed by atoms with van der Waals surface area (Å²) in [6.45, 7) is 6.93. The number of benzene rings is 1. The predicted octanol–water partition coefficient (Wildman–Crippen LogP) is 2.73. The van der Waals surface area contributed by atoms with E-state index in [-0.39, 0.29) is 18.2 Å². The molecule has 1 unspecified atom stereocenters. The van der Waals surface area contributed by atoms with Gasteiger partial charge in [0, 0.05) is 17.6 Å². The van der Waals surface area contributed by atoms with E-state index in [0.717, 1.165) is 23.0 Å². The summed E-state index contributed by atoms with van der Waals surface area (Å²) in [5.74, 6) is -0.201. The second kappa shape index (κ2) is 7.27. The van der Waals surface area contributed by atoms with Crippen molar-refractivity contribution in [3.05, 3.63) is 35.1 Å². The smallest absolute Gasteiger partial charge is 0.267 e. The molecule has 2 heterocycles. The van der Waals surface area contributed by atoms with Gasteiger partial charge in [0.1, 0.15) is 11.7 Å². The molecule has 1 aromatic carbocycles. The van der Waals surface area contributed by atoms with Crippen LogP contribution in [0.2, 0.25) is 0 Å². The molecular weight excluding hydrogens is 320 g/mol. The molecule has 6 nitrogen and oxygen atoms in total. The highest BCUT2D eigenvalue weighted by molar-refractivity contribution is 5.90. The van der Waals surface area contributed by atoms with Crippen LogP contribution in [0.4, 0.5) is 0 Å². The molecule has 25 heavy (non-hydrogen) atoms. The Labute approximate surface area is 146 Å². The molecule has 2 aromatic rings. The van der Waals surface area contributed by atoms with Crippen molar-refractivity contribution in [3.63, 3.8) is 0 Å². The first kappa shape index (κ1) is 17.5. The van der Waals surface area contributed by atoms with Crippen LogP contribution < -0.4 is 10.9 Å². The molecule has 1 aliphatic heterocycles. The molecule has 1 fully saturated rings. The van der Waals surface area contributed by atoms with Gasteiger partial charge in [-0.2, -0.15) is 0 Å². The van der Waals surface area contributed by atoms with Gasteiger partial charge in [0.15, 0.2) is 0 Å². The highest BCUT2D eigenvalue weighted by Crippen LogP contribution is 2.29. The standard InChI is InChI=1S/C19H24N2O4/c1-11(2)14-9-15-13(10-25-17(15)7-12(14)3)8-18(22)20-21-19(23)16-5-4-6-24-16/h7,9-11,16H,4-6,8H2,1-3H3,(H,20,22)(H,21,23). The maximum Gasteiger partial charge on any atom is 0.267 e. The molecule has 2 amide bonds. The van der Waals surface area contributed by atoms with Crippen molar-refractivity contribution in [1.82, 2.24) is 10.9 Å². The Balaban J connectivity index is 1.66. The van der Waals surface area contributed by atoms with E-state index < -0.39 is 6.10 Å². The normalized spacial score (nSPS) is 17.2. The lowest BCUT2D eigenvalue weighted by atomic mass is 9.95. The Hall–Kier alpha value is -2.34. The Kier molecular flexibility index (Phi) is 5.08. The first-order valence-corrected chi connectivity index (χ1v) is 8.66. The lowest BCUT2D eigenvalue weighted by molar-refractivity contribution is -0.134. The third-order valence-electron chi connectivity index (χ3n) is 4.56. The van der Waals surface area contributed by atoms with Gasteiger partial charge in [-0.1, -0.05) is 13.8 Å². The highest BCUT2D eigenvalue weighted by atomic mass is 16.5. The third-order valence-corrected chi connectivity index (χ3v) is 4.56. The number of aryl methyl sites for hydroxylation is 1. The van der Waals surface area contributed by atoms with Crippen LogP contribution in [0, 0.1) is 6.92 Å². The monoisotopic (exact) mass is 344 g/mol. The molecule has 1 saturated heterocycles. The number of rotatable bonds is 4. The van der Waals surface area contributed by atoms with Crippen molar-refractivity contribution in [2.45, 2.75) is 52.1 Å². The molecule has 2 N–H and O–H groups in total. The van der Waals surface area contributed by atoms with Crippen molar-refractivity contribution in [1.29, 1.82) is 0 Å². The van der Waals surface area contributed by atoms with Crippen LogP contribution in [0.1, 0.15) is 49.3 Å². The molecule has 1 aromatic heterocycles. The summed E-state index contributed by atoms with van der Waals surface area (Å²) in [5.41, 5.74) is 8.87. The summed E-state index contributed by atoms with van der Waals surface area (Å²) in [5, 5.41) is 0.940. The van der Waals surface area contributed by atoms with Crippen LogP contribution in [-0.4, -0.2) is 24.5 Å². The van der Waals surface area contributed by atoms with Gasteiger partial charge in [0.25, 0.3) is 5.91 Å². The second-order valence-corrected chi connectivity index (χ2v) is 6.84. The van der Waals surface area contributed by atoms with E-state index in [9.17, 15) is 9.59 Å². The molecule has 0 radical (unpaired) electrons. The fourth-order valence-corrected chi connectivity index (χ4v) is 3.22. The van der Waals surface area contributed by atoms with E-state index in [2.05, 4.69) is 37.7 Å². The van der Waals surface area contributed by atoms with Crippen LogP contribution in [0.15, 0.2) is 22.8 Å². The Morgan fingerprint density at radius 2 is 2.08 bits per heavy atom. The molecule has 1 atom stereocenters. The summed E-state index contributed by atoms with van der Waals surface area (Å²) < 4.78 is 10.9. The van der Waals surface area contributed by atoms with Crippen LogP contribution >= 0.6 is 0 Å². The number of amides is 2. The number of hydrazine groups is 1. The van der Waals surface area contributed by atoms with E-state index in [1.807, 2.05) is 6.07 Å². The van der Waals surface area contributed by atoms with E-state index in [1.165, 1.54) is 11.1 Å². The van der Waals surface area contributed by atoms with Crippen molar-refractivity contribution in [2.24, 2.45) is 0 Å². The fourth-order valence-electron chi connectivity index (χ4n) is 3.22. The van der Waals surface area contributed by atoms with Crippen molar-refractivity contribution in [3.8, 4) is 0 Å². The van der Waals surface area contributed by atoms with Gasteiger partial charge in [0.2, 0.25) is 5.91 Å². The summed E-state index contributed by atoms with van der Waals surface area (Å²) in [6.07, 6.45) is 2.83. The molecular formula is C19H24N2O4. The molecule has 0 aliphatic carbocycles. The molecule has 6 heteroatoms. The van der Waals surface area contributed by atoms with E-state index in [0.29, 0.717) is 18.9 Å². The minimum atomic E-state index is -0.466. The van der Waals surface area contributed by atoms with Crippen molar-refractivity contribution in [2.75, 3.05) is 6.61 Å². The Bertz CT molecular complexity index is 788. The highest BCUT2D eigenvalue weighted by Gasteiger charge is 2.24. The molecule has 0 bridgehead atoms. The average Bonchev–Trinajstić information content (AvgIpc) is 3.22. The number of fused-ring (bicyclic) bond motifs is 1. The minimum Gasteiger partial charge on any atom is -0.464 e. The average molecular weight is 344 g/mol. The number of hydrogen-bond donors (Lipinski definition) is 2. The van der Waals surface area contributed by atoms with Gasteiger partial charge >= 0.3 is 0 Å². The van der Waals surface area contributed by atoms with E-state index in [4.69, 9.17) is 9.15 Å². The summed E-state index contributed by atoms with van der Waals surface area (Å²) in [7, 11) is 0. The van der Waals surface area contributed by atoms with Gasteiger partial charge in [-0.15, -0.1) is 0 Å². The number of furan rings is 1. The topological polar surface area (TPSA) is 80.6 Å². The molecule has 3 rings (SSSR count).